The normalized spacial score (nSPS) is 11.0. The number of para-hydroxylation sites is 1. The van der Waals surface area contributed by atoms with E-state index in [1.165, 1.54) is 0 Å². The number of nitrogens with zero attached hydrogens (tertiary/aromatic N) is 2. The average molecular weight is 302 g/mol. The van der Waals surface area contributed by atoms with Crippen LogP contribution in [0.25, 0.3) is 0 Å². The minimum Gasteiger partial charge on any atom is -0.508 e. The van der Waals surface area contributed by atoms with Crippen LogP contribution in [0.3, 0.4) is 0 Å². The van der Waals surface area contributed by atoms with Gasteiger partial charge in [0.05, 0.1) is 5.69 Å². The van der Waals surface area contributed by atoms with E-state index in [1.807, 2.05) is 54.4 Å². The Kier molecular flexibility index (Phi) is 6.57. The molecule has 21 heavy (non-hydrogen) atoms. The number of benzene rings is 1. The third kappa shape index (κ3) is 5.40. The fourth-order valence-corrected chi connectivity index (χ4v) is 2.83. The van der Waals surface area contributed by atoms with Crippen LogP contribution in [-0.2, 0) is 13.1 Å². The van der Waals surface area contributed by atoms with Gasteiger partial charge in [0.2, 0.25) is 0 Å². The molecular formula is C17H22N2OS. The number of pyridine rings is 1. The molecule has 0 spiro atoms. The first kappa shape index (κ1) is 15.9. The summed E-state index contributed by atoms with van der Waals surface area (Å²) in [7, 11) is 0. The van der Waals surface area contributed by atoms with Crippen LogP contribution < -0.4 is 0 Å². The second kappa shape index (κ2) is 8.70. The summed E-state index contributed by atoms with van der Waals surface area (Å²) < 4.78 is 0. The minimum absolute atomic E-state index is 0.367. The Labute approximate surface area is 131 Å². The predicted molar refractivity (Wildman–Crippen MR) is 89.5 cm³/mol. The van der Waals surface area contributed by atoms with Crippen LogP contribution in [0.2, 0.25) is 0 Å². The van der Waals surface area contributed by atoms with E-state index >= 15 is 0 Å². The Bertz CT molecular complexity index is 533. The molecule has 0 fully saturated rings. The van der Waals surface area contributed by atoms with Crippen LogP contribution >= 0.6 is 11.8 Å². The standard InChI is InChI=1S/C17H22N2OS/c1-2-21-12-11-19(14-16-8-5-6-10-18-16)13-15-7-3-4-9-17(15)20/h3-10,20H,2,11-14H2,1H3. The molecule has 0 unspecified atom stereocenters. The number of hydrogen-bond donors (Lipinski definition) is 1. The summed E-state index contributed by atoms with van der Waals surface area (Å²) in [6.07, 6.45) is 1.83. The minimum atomic E-state index is 0.367. The van der Waals surface area contributed by atoms with Gasteiger partial charge in [0.25, 0.3) is 0 Å². The molecule has 1 heterocycles. The molecule has 0 radical (unpaired) electrons. The molecule has 0 bridgehead atoms. The number of aromatic nitrogens is 1. The Hall–Kier alpha value is -1.52. The van der Waals surface area contributed by atoms with E-state index in [4.69, 9.17) is 0 Å². The maximum absolute atomic E-state index is 9.95. The van der Waals surface area contributed by atoms with Gasteiger partial charge in [-0.05, 0) is 24.0 Å². The molecule has 1 aromatic carbocycles. The van der Waals surface area contributed by atoms with Crippen molar-refractivity contribution in [3.63, 3.8) is 0 Å². The number of phenolic OH excluding ortho intramolecular Hbond substituents is 1. The average Bonchev–Trinajstić information content (AvgIpc) is 2.51. The summed E-state index contributed by atoms with van der Waals surface area (Å²) in [6.45, 7) is 4.72. The molecule has 0 aliphatic carbocycles. The van der Waals surface area contributed by atoms with Crippen molar-refractivity contribution in [3.8, 4) is 5.75 Å². The molecule has 0 saturated carbocycles. The Morgan fingerprint density at radius 3 is 2.62 bits per heavy atom. The molecule has 112 valence electrons. The highest BCUT2D eigenvalue weighted by atomic mass is 32.2. The quantitative estimate of drug-likeness (QED) is 0.757. The fourth-order valence-electron chi connectivity index (χ4n) is 2.16. The number of hydrogen-bond acceptors (Lipinski definition) is 4. The number of phenols is 1. The van der Waals surface area contributed by atoms with Crippen LogP contribution in [0, 0.1) is 0 Å². The lowest BCUT2D eigenvalue weighted by molar-refractivity contribution is 0.266. The maximum Gasteiger partial charge on any atom is 0.120 e. The zero-order valence-electron chi connectivity index (χ0n) is 12.4. The van der Waals surface area contributed by atoms with Crippen molar-refractivity contribution >= 4 is 11.8 Å². The van der Waals surface area contributed by atoms with Gasteiger partial charge in [0.1, 0.15) is 5.75 Å². The molecular weight excluding hydrogens is 280 g/mol. The maximum atomic E-state index is 9.95. The first-order valence-corrected chi connectivity index (χ1v) is 8.42. The highest BCUT2D eigenvalue weighted by Crippen LogP contribution is 2.19. The monoisotopic (exact) mass is 302 g/mol. The number of rotatable bonds is 8. The van der Waals surface area contributed by atoms with E-state index < -0.39 is 0 Å². The first-order chi connectivity index (χ1) is 10.3. The summed E-state index contributed by atoms with van der Waals surface area (Å²) in [6, 6.07) is 13.5. The highest BCUT2D eigenvalue weighted by Gasteiger charge is 2.10. The smallest absolute Gasteiger partial charge is 0.120 e. The van der Waals surface area contributed by atoms with Crippen LogP contribution in [0.4, 0.5) is 0 Å². The largest absolute Gasteiger partial charge is 0.508 e. The van der Waals surface area contributed by atoms with Gasteiger partial charge in [-0.1, -0.05) is 31.2 Å². The van der Waals surface area contributed by atoms with E-state index in [0.29, 0.717) is 5.75 Å². The van der Waals surface area contributed by atoms with Crippen molar-refractivity contribution in [2.75, 3.05) is 18.1 Å². The second-order valence-corrected chi connectivity index (χ2v) is 6.25. The van der Waals surface area contributed by atoms with Gasteiger partial charge in [-0.25, -0.2) is 0 Å². The van der Waals surface area contributed by atoms with Gasteiger partial charge < -0.3 is 5.11 Å². The van der Waals surface area contributed by atoms with Crippen molar-refractivity contribution in [3.05, 3.63) is 59.9 Å². The highest BCUT2D eigenvalue weighted by molar-refractivity contribution is 7.99. The summed E-state index contributed by atoms with van der Waals surface area (Å²) in [5.41, 5.74) is 2.03. The molecule has 1 N–H and O–H groups in total. The van der Waals surface area contributed by atoms with E-state index in [9.17, 15) is 5.11 Å². The Morgan fingerprint density at radius 2 is 1.90 bits per heavy atom. The molecule has 2 aromatic rings. The molecule has 0 amide bonds. The molecule has 2 rings (SSSR count). The number of thioether (sulfide) groups is 1. The van der Waals surface area contributed by atoms with Gasteiger partial charge in [0.15, 0.2) is 0 Å². The van der Waals surface area contributed by atoms with Gasteiger partial charge in [-0.3, -0.25) is 9.88 Å². The van der Waals surface area contributed by atoms with Crippen LogP contribution in [-0.4, -0.2) is 33.0 Å². The van der Waals surface area contributed by atoms with Crippen molar-refractivity contribution in [1.29, 1.82) is 0 Å². The van der Waals surface area contributed by atoms with Crippen molar-refractivity contribution in [2.45, 2.75) is 20.0 Å². The zero-order chi connectivity index (χ0) is 14.9. The van der Waals surface area contributed by atoms with Gasteiger partial charge in [0, 0.05) is 37.1 Å². The molecule has 0 saturated heterocycles. The molecule has 0 aliphatic rings. The van der Waals surface area contributed by atoms with E-state index in [0.717, 1.165) is 42.4 Å². The van der Waals surface area contributed by atoms with Crippen molar-refractivity contribution < 1.29 is 5.11 Å². The first-order valence-electron chi connectivity index (χ1n) is 7.26. The van der Waals surface area contributed by atoms with Crippen LogP contribution in [0.1, 0.15) is 18.2 Å². The van der Waals surface area contributed by atoms with Gasteiger partial charge in [-0.15, -0.1) is 0 Å². The third-order valence-electron chi connectivity index (χ3n) is 3.25. The summed E-state index contributed by atoms with van der Waals surface area (Å²) >= 11 is 1.94. The van der Waals surface area contributed by atoms with Crippen LogP contribution in [0.15, 0.2) is 48.7 Å². The third-order valence-corrected chi connectivity index (χ3v) is 4.13. The SMILES string of the molecule is CCSCCN(Cc1ccccn1)Cc1ccccc1O. The van der Waals surface area contributed by atoms with Gasteiger partial charge in [-0.2, -0.15) is 11.8 Å². The molecule has 0 atom stereocenters. The predicted octanol–water partition coefficient (Wildman–Crippen LogP) is 3.54. The zero-order valence-corrected chi connectivity index (χ0v) is 13.2. The molecule has 0 aliphatic heterocycles. The molecule has 3 nitrogen and oxygen atoms in total. The lowest BCUT2D eigenvalue weighted by Gasteiger charge is -2.22. The lowest BCUT2D eigenvalue weighted by Crippen LogP contribution is -2.26. The summed E-state index contributed by atoms with van der Waals surface area (Å²) in [4.78, 5) is 6.73. The summed E-state index contributed by atoms with van der Waals surface area (Å²) in [5, 5.41) is 9.95. The van der Waals surface area contributed by atoms with E-state index in [2.05, 4.69) is 16.8 Å². The van der Waals surface area contributed by atoms with Crippen LogP contribution in [0.5, 0.6) is 5.75 Å². The van der Waals surface area contributed by atoms with Gasteiger partial charge >= 0.3 is 0 Å². The second-order valence-electron chi connectivity index (χ2n) is 4.86. The lowest BCUT2D eigenvalue weighted by atomic mass is 10.2. The summed E-state index contributed by atoms with van der Waals surface area (Å²) in [5.74, 6) is 2.59. The Morgan fingerprint density at radius 1 is 1.10 bits per heavy atom. The topological polar surface area (TPSA) is 36.4 Å². The van der Waals surface area contributed by atoms with E-state index in [1.54, 1.807) is 6.07 Å². The fraction of sp³-hybridized carbons (Fsp3) is 0.353. The molecule has 1 aromatic heterocycles. The van der Waals surface area contributed by atoms with Crippen molar-refractivity contribution in [2.24, 2.45) is 0 Å². The van der Waals surface area contributed by atoms with Crippen molar-refractivity contribution in [1.82, 2.24) is 9.88 Å². The number of aromatic hydroxyl groups is 1. The molecule has 4 heteroatoms. The van der Waals surface area contributed by atoms with E-state index in [-0.39, 0.29) is 0 Å². The Balaban J connectivity index is 2.03.